The minimum atomic E-state index is -4.93. The van der Waals surface area contributed by atoms with E-state index in [0.717, 1.165) is 12.1 Å². The molecule has 0 radical (unpaired) electrons. The molecule has 242 valence electrons. The van der Waals surface area contributed by atoms with Crippen molar-refractivity contribution < 1.29 is 46.9 Å². The molecule has 4 aromatic rings. The number of nitrogens with zero attached hydrogens (tertiary/aromatic N) is 2. The van der Waals surface area contributed by atoms with Gasteiger partial charge in [0, 0.05) is 18.3 Å². The third-order valence-electron chi connectivity index (χ3n) is 6.25. The molecule has 46 heavy (non-hydrogen) atoms. The highest BCUT2D eigenvalue weighted by Crippen LogP contribution is 2.31. The van der Waals surface area contributed by atoms with Crippen molar-refractivity contribution in [1.29, 1.82) is 0 Å². The van der Waals surface area contributed by atoms with Gasteiger partial charge in [0.25, 0.3) is 5.91 Å². The number of amides is 3. The van der Waals surface area contributed by atoms with Crippen LogP contribution in [0.15, 0.2) is 72.8 Å². The van der Waals surface area contributed by atoms with Gasteiger partial charge >= 0.3 is 12.3 Å². The Bertz CT molecular complexity index is 1750. The van der Waals surface area contributed by atoms with Crippen LogP contribution in [0, 0.1) is 5.82 Å². The number of aromatic nitrogens is 2. The Morgan fingerprint density at radius 1 is 0.957 bits per heavy atom. The molecule has 15 heteroatoms. The number of aliphatic hydroxyl groups is 1. The Balaban J connectivity index is 1.58. The number of carboxylic acid groups (broad SMARTS) is 1. The van der Waals surface area contributed by atoms with Crippen molar-refractivity contribution in [3.8, 4) is 5.69 Å². The number of benzene rings is 3. The zero-order chi connectivity index (χ0) is 33.8. The molecule has 1 unspecified atom stereocenters. The molecule has 3 amide bonds. The van der Waals surface area contributed by atoms with Gasteiger partial charge in [0.05, 0.1) is 11.4 Å². The Morgan fingerprint density at radius 3 is 2.26 bits per heavy atom. The number of hydrogen-bond acceptors (Lipinski definition) is 7. The summed E-state index contributed by atoms with van der Waals surface area (Å²) in [6, 6.07) is 15.5. The van der Waals surface area contributed by atoms with E-state index in [9.17, 15) is 42.2 Å². The minimum Gasteiger partial charge on any atom is -0.530 e. The number of ether oxygens (including phenoxy) is 1. The van der Waals surface area contributed by atoms with Gasteiger partial charge in [-0.2, -0.15) is 18.3 Å². The van der Waals surface area contributed by atoms with Gasteiger partial charge in [0.2, 0.25) is 0 Å². The maximum absolute atomic E-state index is 14.8. The molecule has 0 aliphatic carbocycles. The summed E-state index contributed by atoms with van der Waals surface area (Å²) in [5, 5.41) is 32.0. The lowest BCUT2D eigenvalue weighted by Gasteiger charge is -2.20. The van der Waals surface area contributed by atoms with Crippen molar-refractivity contribution >= 4 is 29.5 Å². The first kappa shape index (κ1) is 33.5. The van der Waals surface area contributed by atoms with Crippen LogP contribution in [-0.2, 0) is 17.5 Å². The Kier molecular flexibility index (Phi) is 9.66. The molecule has 0 spiro atoms. The summed E-state index contributed by atoms with van der Waals surface area (Å²) in [6.07, 6.45) is -8.48. The van der Waals surface area contributed by atoms with Gasteiger partial charge in [0.15, 0.2) is 5.69 Å². The monoisotopic (exact) mass is 642 g/mol. The molecule has 11 nitrogen and oxygen atoms in total. The molecule has 0 aliphatic rings. The summed E-state index contributed by atoms with van der Waals surface area (Å²) in [5.74, 6) is -2.08. The van der Waals surface area contributed by atoms with Crippen LogP contribution < -0.4 is 21.1 Å². The zero-order valence-corrected chi connectivity index (χ0v) is 24.6. The predicted molar refractivity (Wildman–Crippen MR) is 156 cm³/mol. The standard InChI is InChI=1S/C31H29F4N5O6/c1-30(2,3)46-29(45)37-20-10-7-18(8-11-20)26(41)19-9-12-22(32)23(14-19)38-27(42)24-15-25(31(33,34)35)39-40(24)21-6-4-5-17(13-21)16-36-28(43)44/h4-15,26,36,41H,16H2,1-3H3,(H,37,45)(H,38,42)(H,43,44)/p-1. The molecule has 3 aromatic carbocycles. The van der Waals surface area contributed by atoms with Crippen LogP contribution in [0.5, 0.6) is 0 Å². The van der Waals surface area contributed by atoms with Crippen molar-refractivity contribution in [1.82, 2.24) is 15.1 Å². The van der Waals surface area contributed by atoms with Crippen molar-refractivity contribution in [2.75, 3.05) is 10.6 Å². The predicted octanol–water partition coefficient (Wildman–Crippen LogP) is 5.14. The molecule has 1 aromatic heterocycles. The van der Waals surface area contributed by atoms with Crippen LogP contribution in [0.4, 0.5) is 38.5 Å². The number of rotatable bonds is 8. The Morgan fingerprint density at radius 2 is 1.63 bits per heavy atom. The van der Waals surface area contributed by atoms with E-state index in [4.69, 9.17) is 4.74 Å². The molecule has 0 aliphatic heterocycles. The van der Waals surface area contributed by atoms with Gasteiger partial charge in [-0.15, -0.1) is 0 Å². The molecule has 0 fully saturated rings. The van der Waals surface area contributed by atoms with E-state index in [2.05, 4.69) is 15.7 Å². The number of carbonyl (C=O) groups is 3. The Hall–Kier alpha value is -5.44. The quantitative estimate of drug-likeness (QED) is 0.194. The number of alkyl halides is 3. The van der Waals surface area contributed by atoms with Gasteiger partial charge in [-0.1, -0.05) is 30.3 Å². The highest BCUT2D eigenvalue weighted by molar-refractivity contribution is 6.03. The van der Waals surface area contributed by atoms with Crippen LogP contribution in [0.1, 0.15) is 59.7 Å². The maximum Gasteiger partial charge on any atom is 0.435 e. The van der Waals surface area contributed by atoms with Crippen molar-refractivity contribution in [2.24, 2.45) is 0 Å². The fourth-order valence-corrected chi connectivity index (χ4v) is 4.21. The van der Waals surface area contributed by atoms with Gasteiger partial charge < -0.3 is 30.4 Å². The lowest BCUT2D eigenvalue weighted by molar-refractivity contribution is -0.251. The Labute approximate surface area is 259 Å². The largest absolute Gasteiger partial charge is 0.530 e. The highest BCUT2D eigenvalue weighted by atomic mass is 19.4. The van der Waals surface area contributed by atoms with E-state index in [1.807, 2.05) is 5.32 Å². The molecule has 1 atom stereocenters. The van der Waals surface area contributed by atoms with E-state index in [1.165, 1.54) is 54.6 Å². The average Bonchev–Trinajstić information content (AvgIpc) is 3.43. The highest BCUT2D eigenvalue weighted by Gasteiger charge is 2.36. The van der Waals surface area contributed by atoms with Gasteiger partial charge in [-0.3, -0.25) is 10.1 Å². The van der Waals surface area contributed by atoms with E-state index < -0.39 is 58.9 Å². The number of hydrogen-bond donors (Lipinski definition) is 4. The summed E-state index contributed by atoms with van der Waals surface area (Å²) < 4.78 is 61.5. The second-order valence-electron chi connectivity index (χ2n) is 11.0. The first-order valence-electron chi connectivity index (χ1n) is 13.6. The summed E-state index contributed by atoms with van der Waals surface area (Å²) in [5.41, 5.74) is -1.94. The van der Waals surface area contributed by atoms with E-state index in [0.29, 0.717) is 27.6 Å². The zero-order valence-electron chi connectivity index (χ0n) is 24.6. The van der Waals surface area contributed by atoms with Crippen LogP contribution in [0.2, 0.25) is 0 Å². The second-order valence-corrected chi connectivity index (χ2v) is 11.0. The third-order valence-corrected chi connectivity index (χ3v) is 6.25. The first-order valence-corrected chi connectivity index (χ1v) is 13.6. The van der Waals surface area contributed by atoms with Gasteiger partial charge in [-0.25, -0.2) is 13.9 Å². The number of halogens is 4. The summed E-state index contributed by atoms with van der Waals surface area (Å²) in [6.45, 7) is 4.90. The molecule has 4 N–H and O–H groups in total. The number of carbonyl (C=O) groups excluding carboxylic acids is 3. The van der Waals surface area contributed by atoms with Crippen LogP contribution >= 0.6 is 0 Å². The molecule has 1 heterocycles. The van der Waals surface area contributed by atoms with Crippen LogP contribution in [0.3, 0.4) is 0 Å². The van der Waals surface area contributed by atoms with Crippen LogP contribution in [0.25, 0.3) is 5.69 Å². The molecule has 4 rings (SSSR count). The van der Waals surface area contributed by atoms with Crippen molar-refractivity contribution in [2.45, 2.75) is 45.2 Å². The normalized spacial score (nSPS) is 12.3. The third kappa shape index (κ3) is 8.59. The summed E-state index contributed by atoms with van der Waals surface area (Å²) in [4.78, 5) is 36.0. The molecule has 0 saturated heterocycles. The number of anilines is 2. The topological polar surface area (TPSA) is 158 Å². The van der Waals surface area contributed by atoms with E-state index >= 15 is 0 Å². The molecular weight excluding hydrogens is 614 g/mol. The number of nitrogens with one attached hydrogen (secondary N) is 3. The van der Waals surface area contributed by atoms with Crippen molar-refractivity contribution in [3.63, 3.8) is 0 Å². The molecule has 0 bridgehead atoms. The lowest BCUT2D eigenvalue weighted by atomic mass is 10.0. The molecule has 0 saturated carbocycles. The maximum atomic E-state index is 14.8. The number of aliphatic hydroxyl groups excluding tert-OH is 1. The fourth-order valence-electron chi connectivity index (χ4n) is 4.21. The van der Waals surface area contributed by atoms with Gasteiger partial charge in [0.1, 0.15) is 29.3 Å². The van der Waals surface area contributed by atoms with E-state index in [1.54, 1.807) is 20.8 Å². The fraction of sp³-hybridized carbons (Fsp3) is 0.226. The second kappa shape index (κ2) is 13.3. The average molecular weight is 643 g/mol. The van der Waals surface area contributed by atoms with E-state index in [-0.39, 0.29) is 17.8 Å². The SMILES string of the molecule is CC(C)(C)OC(=O)Nc1ccc(C(O)c2ccc(F)c(NC(=O)c3cc(C(F)(F)F)nn3-c3cccc(CNC(=O)[O-])c3)c2)cc1. The smallest absolute Gasteiger partial charge is 0.435 e. The van der Waals surface area contributed by atoms with Gasteiger partial charge in [-0.05, 0) is 73.9 Å². The lowest BCUT2D eigenvalue weighted by Crippen LogP contribution is -2.35. The summed E-state index contributed by atoms with van der Waals surface area (Å²) >= 11 is 0. The van der Waals surface area contributed by atoms with Crippen molar-refractivity contribution in [3.05, 3.63) is 107 Å². The molecular formula is C31H28F4N5O6-. The summed E-state index contributed by atoms with van der Waals surface area (Å²) in [7, 11) is 0. The minimum absolute atomic E-state index is 0.00690. The first-order chi connectivity index (χ1) is 21.5. The van der Waals surface area contributed by atoms with Crippen LogP contribution in [-0.4, -0.2) is 38.6 Å².